The van der Waals surface area contributed by atoms with Gasteiger partial charge in [-0.15, -0.1) is 6.58 Å². The van der Waals surface area contributed by atoms with E-state index in [2.05, 4.69) is 13.5 Å². The molecule has 6 atom stereocenters. The first-order valence-corrected chi connectivity index (χ1v) is 24.3. The third-order valence-corrected chi connectivity index (χ3v) is 13.9. The molecule has 2 aliphatic rings. The fourth-order valence-corrected chi connectivity index (χ4v) is 10.6. The van der Waals surface area contributed by atoms with Crippen LogP contribution in [0, 0.1) is 0 Å². The molecule has 0 spiro atoms. The molecule has 0 N–H and O–H groups in total. The van der Waals surface area contributed by atoms with E-state index in [1.807, 2.05) is 45.9 Å². The van der Waals surface area contributed by atoms with E-state index < -0.39 is 38.7 Å². The zero-order valence-electron chi connectivity index (χ0n) is 36.5. The van der Waals surface area contributed by atoms with Crippen molar-refractivity contribution in [1.82, 2.24) is 0 Å². The van der Waals surface area contributed by atoms with Crippen LogP contribution in [0.15, 0.2) is 78.2 Å². The smallest absolute Gasteiger partial charge is 0.338 e. The van der Waals surface area contributed by atoms with Gasteiger partial charge in [0.2, 0.25) is 0 Å². The summed E-state index contributed by atoms with van der Waals surface area (Å²) in [5.41, 5.74) is 0.382. The molecule has 0 radical (unpaired) electrons. The summed E-state index contributed by atoms with van der Waals surface area (Å²) in [5.74, 6) is -2.07. The van der Waals surface area contributed by atoms with Crippen LogP contribution in [0.3, 0.4) is 0 Å². The molecule has 9 heteroatoms. The monoisotopic (exact) mass is 825 g/mol. The van der Waals surface area contributed by atoms with Gasteiger partial charge in [-0.25, -0.2) is 13.2 Å². The number of benzene rings is 2. The Kier molecular flexibility index (Phi) is 20.4. The number of esters is 1. The van der Waals surface area contributed by atoms with Crippen LogP contribution in [0.2, 0.25) is 0 Å². The number of carbonyl (C=O) groups excluding carboxylic acids is 1. The van der Waals surface area contributed by atoms with Crippen molar-refractivity contribution in [3.63, 3.8) is 0 Å². The molecule has 2 heterocycles. The van der Waals surface area contributed by atoms with Crippen LogP contribution in [-0.2, 0) is 33.5 Å². The third-order valence-electron chi connectivity index (χ3n) is 11.7. The highest BCUT2D eigenvalue weighted by Crippen LogP contribution is 2.38. The number of hydrogen-bond acceptors (Lipinski definition) is 8. The van der Waals surface area contributed by atoms with Crippen molar-refractivity contribution in [3.8, 4) is 0 Å². The Hall–Kier alpha value is -2.56. The Morgan fingerprint density at radius 2 is 1.07 bits per heavy atom. The second kappa shape index (κ2) is 24.6. The van der Waals surface area contributed by atoms with E-state index in [0.717, 1.165) is 44.9 Å². The van der Waals surface area contributed by atoms with Gasteiger partial charge in [0.05, 0.1) is 34.9 Å². The quantitative estimate of drug-likeness (QED) is 0.0454. The fraction of sp³-hybridized carbons (Fsp3) is 0.694. The standard InChI is InChI=1S/C49H76O8S/c1-7-9-11-13-15-17-19-27-33-41-43(56-48(3,4)54-41)35-36-45(53-47(50)39-29-23-21-24-30-39)46(58(51,52)40-31-25-22-26-32-40)38-37-44-42(55-49(5,6)57-44)34-28-20-18-16-14-12-10-8-2/h8,21-26,29-32,41-46H,2,7,9-20,27-28,33-38H2,1,3-6H3/t41-,42-,43-,44-,45?,46?/m1/s1. The molecule has 58 heavy (non-hydrogen) atoms. The summed E-state index contributed by atoms with van der Waals surface area (Å²) in [6.45, 7) is 13.8. The van der Waals surface area contributed by atoms with E-state index >= 15 is 0 Å². The average molecular weight is 825 g/mol. The van der Waals surface area contributed by atoms with Gasteiger partial charge in [0.1, 0.15) is 11.4 Å². The second-order valence-electron chi connectivity index (χ2n) is 17.5. The molecule has 2 unspecified atom stereocenters. The topological polar surface area (TPSA) is 97.4 Å². The summed E-state index contributed by atoms with van der Waals surface area (Å²) in [6.07, 6.45) is 21.2. The van der Waals surface area contributed by atoms with Crippen molar-refractivity contribution < 1.29 is 36.9 Å². The van der Waals surface area contributed by atoms with Gasteiger partial charge in [0.15, 0.2) is 21.4 Å². The average Bonchev–Trinajstić information content (AvgIpc) is 3.67. The van der Waals surface area contributed by atoms with E-state index in [4.69, 9.17) is 23.7 Å². The minimum absolute atomic E-state index is 0.121. The predicted octanol–water partition coefficient (Wildman–Crippen LogP) is 12.5. The van der Waals surface area contributed by atoms with Crippen LogP contribution in [0.1, 0.15) is 180 Å². The maximum atomic E-state index is 14.8. The number of sulfone groups is 1. The zero-order chi connectivity index (χ0) is 41.9. The summed E-state index contributed by atoms with van der Waals surface area (Å²) in [6, 6.07) is 17.4. The molecule has 0 amide bonds. The van der Waals surface area contributed by atoms with Crippen molar-refractivity contribution in [1.29, 1.82) is 0 Å². The van der Waals surface area contributed by atoms with Gasteiger partial charge >= 0.3 is 5.97 Å². The van der Waals surface area contributed by atoms with E-state index in [0.29, 0.717) is 24.8 Å². The first kappa shape index (κ1) is 48.1. The zero-order valence-corrected chi connectivity index (χ0v) is 37.4. The van der Waals surface area contributed by atoms with Crippen molar-refractivity contribution in [3.05, 3.63) is 78.9 Å². The van der Waals surface area contributed by atoms with E-state index in [1.54, 1.807) is 48.5 Å². The number of unbranched alkanes of at least 4 members (excludes halogenated alkanes) is 13. The highest BCUT2D eigenvalue weighted by atomic mass is 32.2. The third kappa shape index (κ3) is 16.1. The number of carbonyl (C=O) groups is 1. The summed E-state index contributed by atoms with van der Waals surface area (Å²) in [4.78, 5) is 14.0. The van der Waals surface area contributed by atoms with Gasteiger partial charge in [-0.2, -0.15) is 0 Å². The highest BCUT2D eigenvalue weighted by molar-refractivity contribution is 7.92. The number of hydrogen-bond donors (Lipinski definition) is 0. The van der Waals surface area contributed by atoms with Crippen LogP contribution in [-0.4, -0.2) is 61.7 Å². The molecule has 0 saturated carbocycles. The summed E-state index contributed by atoms with van der Waals surface area (Å²) >= 11 is 0. The number of allylic oxidation sites excluding steroid dienone is 1. The molecule has 2 saturated heterocycles. The van der Waals surface area contributed by atoms with Crippen molar-refractivity contribution >= 4 is 15.8 Å². The maximum Gasteiger partial charge on any atom is 0.338 e. The molecule has 2 aliphatic heterocycles. The van der Waals surface area contributed by atoms with Crippen molar-refractivity contribution in [2.24, 2.45) is 0 Å². The molecule has 8 nitrogen and oxygen atoms in total. The lowest BCUT2D eigenvalue weighted by Gasteiger charge is -2.30. The number of rotatable bonds is 29. The second-order valence-corrected chi connectivity index (χ2v) is 19.7. The lowest BCUT2D eigenvalue weighted by molar-refractivity contribution is -0.148. The normalized spacial score (nSPS) is 22.4. The SMILES string of the molecule is C=CCCCCCCCC[C@H]1OC(C)(C)O[C@@H]1CCC(C(CC[C@H]1OC(C)(C)O[C@@H]1CCCCCCCCCC)OC(=O)c1ccccc1)S(=O)(=O)c1ccccc1. The van der Waals surface area contributed by atoms with Gasteiger partial charge in [-0.1, -0.05) is 133 Å². The van der Waals surface area contributed by atoms with Crippen LogP contribution in [0.4, 0.5) is 0 Å². The molecule has 0 aliphatic carbocycles. The Labute approximate surface area is 352 Å². The van der Waals surface area contributed by atoms with E-state index in [-0.39, 0.29) is 35.7 Å². The first-order valence-electron chi connectivity index (χ1n) is 22.7. The fourth-order valence-electron chi connectivity index (χ4n) is 8.70. The highest BCUT2D eigenvalue weighted by Gasteiger charge is 2.45. The molecule has 4 rings (SSSR count). The maximum absolute atomic E-state index is 14.8. The Bertz CT molecular complexity index is 1560. The molecule has 0 bridgehead atoms. The van der Waals surface area contributed by atoms with Crippen molar-refractivity contribution in [2.45, 2.75) is 222 Å². The number of ether oxygens (including phenoxy) is 5. The van der Waals surface area contributed by atoms with E-state index in [1.165, 1.54) is 64.2 Å². The lowest BCUT2D eigenvalue weighted by atomic mass is 9.96. The minimum Gasteiger partial charge on any atom is -0.457 e. The van der Waals surface area contributed by atoms with Gasteiger partial charge in [0, 0.05) is 0 Å². The molecule has 0 aromatic heterocycles. The van der Waals surface area contributed by atoms with Crippen LogP contribution in [0.5, 0.6) is 0 Å². The minimum atomic E-state index is -3.96. The van der Waals surface area contributed by atoms with Crippen LogP contribution < -0.4 is 0 Å². The lowest BCUT2D eigenvalue weighted by Crippen LogP contribution is -2.40. The van der Waals surface area contributed by atoms with Crippen molar-refractivity contribution in [2.75, 3.05) is 0 Å². The van der Waals surface area contributed by atoms with Gasteiger partial charge in [-0.05, 0) is 103 Å². The largest absolute Gasteiger partial charge is 0.457 e. The molecule has 2 fully saturated rings. The summed E-state index contributed by atoms with van der Waals surface area (Å²) < 4.78 is 61.7. The molecular formula is C49H76O8S. The van der Waals surface area contributed by atoms with Gasteiger partial charge in [-0.3, -0.25) is 0 Å². The molecule has 326 valence electrons. The van der Waals surface area contributed by atoms with Crippen LogP contribution >= 0.6 is 0 Å². The predicted molar refractivity (Wildman–Crippen MR) is 234 cm³/mol. The Morgan fingerprint density at radius 3 is 1.57 bits per heavy atom. The molecular weight excluding hydrogens is 749 g/mol. The molecule has 2 aromatic rings. The van der Waals surface area contributed by atoms with E-state index in [9.17, 15) is 13.2 Å². The Balaban J connectivity index is 1.52. The van der Waals surface area contributed by atoms with Crippen LogP contribution in [0.25, 0.3) is 0 Å². The first-order chi connectivity index (χ1) is 27.8. The summed E-state index contributed by atoms with van der Waals surface area (Å²) in [5, 5.41) is -1.02. The Morgan fingerprint density at radius 1 is 0.638 bits per heavy atom. The molecule has 2 aromatic carbocycles. The van der Waals surface area contributed by atoms with Gasteiger partial charge in [0.25, 0.3) is 0 Å². The summed E-state index contributed by atoms with van der Waals surface area (Å²) in [7, 11) is -3.96. The van der Waals surface area contributed by atoms with Gasteiger partial charge < -0.3 is 23.7 Å².